The monoisotopic (exact) mass is 457 g/mol. The van der Waals surface area contributed by atoms with E-state index in [-0.39, 0.29) is 11.9 Å². The number of sulfonamides is 1. The predicted octanol–water partition coefficient (Wildman–Crippen LogP) is 4.10. The topological polar surface area (TPSA) is 69.7 Å². The maximum Gasteiger partial charge on any atom is 0.243 e. The van der Waals surface area contributed by atoms with E-state index >= 15 is 0 Å². The van der Waals surface area contributed by atoms with E-state index in [2.05, 4.69) is 26.1 Å². The first kappa shape index (κ1) is 24.4. The number of anilines is 1. The lowest BCUT2D eigenvalue weighted by atomic mass is 9.99. The number of nitrogens with zero attached hydrogens (tertiary/aromatic N) is 2. The molecule has 3 rings (SSSR count). The second-order valence-corrected chi connectivity index (χ2v) is 10.5. The maximum absolute atomic E-state index is 13.1. The van der Waals surface area contributed by atoms with Gasteiger partial charge in [0.2, 0.25) is 15.9 Å². The van der Waals surface area contributed by atoms with Gasteiger partial charge in [-0.15, -0.1) is 0 Å². The summed E-state index contributed by atoms with van der Waals surface area (Å²) in [6.07, 6.45) is 1.98. The number of aryl methyl sites for hydroxylation is 1. The van der Waals surface area contributed by atoms with Crippen molar-refractivity contribution in [3.63, 3.8) is 0 Å². The van der Waals surface area contributed by atoms with Crippen LogP contribution in [0.3, 0.4) is 0 Å². The summed E-state index contributed by atoms with van der Waals surface area (Å²) in [6.45, 7) is 10.0. The average molecular weight is 458 g/mol. The summed E-state index contributed by atoms with van der Waals surface area (Å²) >= 11 is 0. The standard InChI is InChI=1S/C25H35N3O3S/c1-5-19(3)22-9-13-24(14-10-22)32(30,31)28-17-15-27(16-18-28)20(4)25(29)26-23-11-7-21(6-2)8-12-23/h7-14,19-20H,5-6,15-18H2,1-4H3,(H,26,29)/t19-,20+/m0/s1. The Morgan fingerprint density at radius 2 is 1.53 bits per heavy atom. The van der Waals surface area contributed by atoms with E-state index < -0.39 is 10.0 Å². The third-order valence-electron chi connectivity index (χ3n) is 6.53. The molecule has 7 heteroatoms. The summed E-state index contributed by atoms with van der Waals surface area (Å²) in [5.74, 6) is 0.332. The van der Waals surface area contributed by atoms with Crippen LogP contribution in [0.25, 0.3) is 0 Å². The van der Waals surface area contributed by atoms with E-state index in [9.17, 15) is 13.2 Å². The van der Waals surface area contributed by atoms with Crippen LogP contribution in [0.2, 0.25) is 0 Å². The Hall–Kier alpha value is -2.22. The maximum atomic E-state index is 13.1. The molecule has 32 heavy (non-hydrogen) atoms. The van der Waals surface area contributed by atoms with Crippen molar-refractivity contribution in [2.45, 2.75) is 57.4 Å². The van der Waals surface area contributed by atoms with Crippen molar-refractivity contribution in [1.29, 1.82) is 0 Å². The minimum Gasteiger partial charge on any atom is -0.325 e. The van der Waals surface area contributed by atoms with Gasteiger partial charge < -0.3 is 5.32 Å². The lowest BCUT2D eigenvalue weighted by molar-refractivity contribution is -0.121. The molecule has 0 unspecified atom stereocenters. The van der Waals surface area contributed by atoms with Crippen LogP contribution in [-0.2, 0) is 21.2 Å². The first-order chi connectivity index (χ1) is 15.3. The SMILES string of the molecule is CCc1ccc(NC(=O)[C@@H](C)N2CCN(S(=O)(=O)c3ccc([C@@H](C)CC)cc3)CC2)cc1. The van der Waals surface area contributed by atoms with Gasteiger partial charge in [0.25, 0.3) is 0 Å². The number of hydrogen-bond acceptors (Lipinski definition) is 4. The van der Waals surface area contributed by atoms with Crippen LogP contribution in [-0.4, -0.2) is 55.8 Å². The highest BCUT2D eigenvalue weighted by Crippen LogP contribution is 2.23. The minimum atomic E-state index is -3.53. The Morgan fingerprint density at radius 1 is 0.938 bits per heavy atom. The molecule has 1 aliphatic heterocycles. The Bertz CT molecular complexity index is 996. The van der Waals surface area contributed by atoms with Crippen LogP contribution in [0.5, 0.6) is 0 Å². The van der Waals surface area contributed by atoms with Gasteiger partial charge in [-0.3, -0.25) is 9.69 Å². The molecule has 0 aromatic heterocycles. The van der Waals surface area contributed by atoms with Gasteiger partial charge in [-0.25, -0.2) is 8.42 Å². The van der Waals surface area contributed by atoms with Crippen molar-refractivity contribution in [3.8, 4) is 0 Å². The van der Waals surface area contributed by atoms with E-state index in [1.54, 1.807) is 12.1 Å². The quantitative estimate of drug-likeness (QED) is 0.648. The van der Waals surface area contributed by atoms with E-state index in [1.165, 1.54) is 9.87 Å². The van der Waals surface area contributed by atoms with Crippen molar-refractivity contribution in [2.75, 3.05) is 31.5 Å². The third-order valence-corrected chi connectivity index (χ3v) is 8.44. The van der Waals surface area contributed by atoms with Crippen molar-refractivity contribution >= 4 is 21.6 Å². The normalized spacial score (nSPS) is 17.6. The first-order valence-corrected chi connectivity index (χ1v) is 12.9. The van der Waals surface area contributed by atoms with Crippen LogP contribution in [0, 0.1) is 0 Å². The molecule has 1 heterocycles. The fourth-order valence-electron chi connectivity index (χ4n) is 3.92. The Morgan fingerprint density at radius 3 is 2.06 bits per heavy atom. The van der Waals surface area contributed by atoms with Crippen molar-refractivity contribution in [2.24, 2.45) is 0 Å². The summed E-state index contributed by atoms with van der Waals surface area (Å²) in [5, 5.41) is 2.96. The lowest BCUT2D eigenvalue weighted by Gasteiger charge is -2.36. The summed E-state index contributed by atoms with van der Waals surface area (Å²) in [7, 11) is -3.53. The highest BCUT2D eigenvalue weighted by molar-refractivity contribution is 7.89. The minimum absolute atomic E-state index is 0.0776. The number of hydrogen-bond donors (Lipinski definition) is 1. The molecule has 0 saturated carbocycles. The number of nitrogens with one attached hydrogen (secondary N) is 1. The molecule has 1 amide bonds. The van der Waals surface area contributed by atoms with Crippen LogP contribution in [0.15, 0.2) is 53.4 Å². The molecular formula is C25H35N3O3S. The van der Waals surface area contributed by atoms with E-state index in [0.29, 0.717) is 37.0 Å². The van der Waals surface area contributed by atoms with Gasteiger partial charge >= 0.3 is 0 Å². The number of amides is 1. The Balaban J connectivity index is 1.57. The molecule has 2 aromatic carbocycles. The number of piperazine rings is 1. The number of carbonyl (C=O) groups is 1. The molecule has 1 N–H and O–H groups in total. The van der Waals surface area contributed by atoms with Gasteiger partial charge in [0, 0.05) is 31.9 Å². The molecular weight excluding hydrogens is 422 g/mol. The molecule has 2 atom stereocenters. The van der Waals surface area contributed by atoms with Crippen LogP contribution >= 0.6 is 0 Å². The Kier molecular flexibility index (Phi) is 8.09. The zero-order valence-corrected chi connectivity index (χ0v) is 20.4. The van der Waals surface area contributed by atoms with Crippen LogP contribution < -0.4 is 5.32 Å². The van der Waals surface area contributed by atoms with Gasteiger partial charge in [-0.2, -0.15) is 4.31 Å². The molecule has 0 radical (unpaired) electrons. The van der Waals surface area contributed by atoms with E-state index in [0.717, 1.165) is 24.1 Å². The van der Waals surface area contributed by atoms with Crippen molar-refractivity contribution < 1.29 is 13.2 Å². The van der Waals surface area contributed by atoms with E-state index in [1.807, 2.05) is 48.2 Å². The van der Waals surface area contributed by atoms with Crippen LogP contribution in [0.1, 0.15) is 51.2 Å². The third kappa shape index (κ3) is 5.57. The molecule has 174 valence electrons. The largest absolute Gasteiger partial charge is 0.325 e. The number of carbonyl (C=O) groups excluding carboxylic acids is 1. The second kappa shape index (κ2) is 10.6. The fourth-order valence-corrected chi connectivity index (χ4v) is 5.34. The van der Waals surface area contributed by atoms with Gasteiger partial charge in [-0.1, -0.05) is 45.0 Å². The predicted molar refractivity (Wildman–Crippen MR) is 129 cm³/mol. The highest BCUT2D eigenvalue weighted by Gasteiger charge is 2.31. The van der Waals surface area contributed by atoms with Gasteiger partial charge in [-0.05, 0) is 61.1 Å². The fraction of sp³-hybridized carbons (Fsp3) is 0.480. The zero-order chi connectivity index (χ0) is 23.3. The van der Waals surface area contributed by atoms with Gasteiger partial charge in [0.05, 0.1) is 10.9 Å². The van der Waals surface area contributed by atoms with E-state index in [4.69, 9.17) is 0 Å². The lowest BCUT2D eigenvalue weighted by Crippen LogP contribution is -2.53. The highest BCUT2D eigenvalue weighted by atomic mass is 32.2. The average Bonchev–Trinajstić information content (AvgIpc) is 2.83. The molecule has 2 aromatic rings. The molecule has 6 nitrogen and oxygen atoms in total. The van der Waals surface area contributed by atoms with Crippen LogP contribution in [0.4, 0.5) is 5.69 Å². The summed E-state index contributed by atoms with van der Waals surface area (Å²) in [6, 6.07) is 14.8. The first-order valence-electron chi connectivity index (χ1n) is 11.5. The molecule has 0 bridgehead atoms. The molecule has 1 fully saturated rings. The number of rotatable bonds is 8. The molecule has 0 spiro atoms. The molecule has 1 saturated heterocycles. The molecule has 0 aliphatic carbocycles. The van der Waals surface area contributed by atoms with Gasteiger partial charge in [0.1, 0.15) is 0 Å². The summed E-state index contributed by atoms with van der Waals surface area (Å²) in [5.41, 5.74) is 3.16. The Labute approximate surface area is 192 Å². The van der Waals surface area contributed by atoms with Crippen molar-refractivity contribution in [1.82, 2.24) is 9.21 Å². The van der Waals surface area contributed by atoms with Crippen molar-refractivity contribution in [3.05, 3.63) is 59.7 Å². The second-order valence-electron chi connectivity index (χ2n) is 8.53. The van der Waals surface area contributed by atoms with Gasteiger partial charge in [0.15, 0.2) is 0 Å². The zero-order valence-electron chi connectivity index (χ0n) is 19.5. The summed E-state index contributed by atoms with van der Waals surface area (Å²) in [4.78, 5) is 15.1. The molecule has 1 aliphatic rings. The number of benzene rings is 2. The summed E-state index contributed by atoms with van der Waals surface area (Å²) < 4.78 is 27.7. The smallest absolute Gasteiger partial charge is 0.243 e.